The Morgan fingerprint density at radius 3 is 2.50 bits per heavy atom. The summed E-state index contributed by atoms with van der Waals surface area (Å²) in [5.41, 5.74) is 0. The lowest BCUT2D eigenvalue weighted by Gasteiger charge is -2.14. The largest absolute Gasteiger partial charge is 0.633 e. The van der Waals surface area contributed by atoms with Crippen molar-refractivity contribution in [2.45, 2.75) is 32.3 Å². The standard InChI is InChI=1S/C7H17BO4/c1-3-4-5-7(11-2)6-12-8(9)10/h7,9-10H,3-6H2,1-2H3. The van der Waals surface area contributed by atoms with Crippen molar-refractivity contribution in [2.75, 3.05) is 13.7 Å². The molecule has 4 nitrogen and oxygen atoms in total. The van der Waals surface area contributed by atoms with Crippen LogP contribution >= 0.6 is 0 Å². The van der Waals surface area contributed by atoms with Crippen molar-refractivity contribution in [3.8, 4) is 0 Å². The summed E-state index contributed by atoms with van der Waals surface area (Å²) in [6, 6.07) is 0. The lowest BCUT2D eigenvalue weighted by Crippen LogP contribution is -2.26. The van der Waals surface area contributed by atoms with Gasteiger partial charge >= 0.3 is 7.32 Å². The Bertz CT molecular complexity index is 99.4. The van der Waals surface area contributed by atoms with Gasteiger partial charge in [-0.2, -0.15) is 0 Å². The van der Waals surface area contributed by atoms with Crippen molar-refractivity contribution in [2.24, 2.45) is 0 Å². The van der Waals surface area contributed by atoms with Gasteiger partial charge in [0.15, 0.2) is 0 Å². The second-order valence-corrected chi connectivity index (χ2v) is 2.66. The van der Waals surface area contributed by atoms with E-state index in [0.29, 0.717) is 0 Å². The third-order valence-corrected chi connectivity index (χ3v) is 1.64. The molecule has 0 spiro atoms. The van der Waals surface area contributed by atoms with E-state index in [-0.39, 0.29) is 12.7 Å². The zero-order valence-electron chi connectivity index (χ0n) is 7.69. The summed E-state index contributed by atoms with van der Waals surface area (Å²) >= 11 is 0. The van der Waals surface area contributed by atoms with Gasteiger partial charge in [0.05, 0.1) is 12.7 Å². The van der Waals surface area contributed by atoms with Crippen LogP contribution < -0.4 is 0 Å². The molecular formula is C7H17BO4. The van der Waals surface area contributed by atoms with Gasteiger partial charge in [0.2, 0.25) is 0 Å². The Labute approximate surface area is 73.7 Å². The highest BCUT2D eigenvalue weighted by atomic mass is 16.6. The first kappa shape index (κ1) is 11.9. The topological polar surface area (TPSA) is 58.9 Å². The average molecular weight is 176 g/mol. The molecule has 12 heavy (non-hydrogen) atoms. The summed E-state index contributed by atoms with van der Waals surface area (Å²) in [6.07, 6.45) is 3.01. The van der Waals surface area contributed by atoms with E-state index >= 15 is 0 Å². The molecule has 0 heterocycles. The van der Waals surface area contributed by atoms with Gasteiger partial charge < -0.3 is 19.4 Å². The molecular weight excluding hydrogens is 159 g/mol. The Kier molecular flexibility index (Phi) is 7.49. The third kappa shape index (κ3) is 6.60. The van der Waals surface area contributed by atoms with Crippen LogP contribution in [0.5, 0.6) is 0 Å². The highest BCUT2D eigenvalue weighted by Gasteiger charge is 2.13. The highest BCUT2D eigenvalue weighted by Crippen LogP contribution is 2.04. The van der Waals surface area contributed by atoms with Crippen LogP contribution in [0.25, 0.3) is 0 Å². The van der Waals surface area contributed by atoms with Crippen LogP contribution in [0.4, 0.5) is 0 Å². The quantitative estimate of drug-likeness (QED) is 0.543. The number of ether oxygens (including phenoxy) is 1. The number of unbranched alkanes of at least 4 members (excludes halogenated alkanes) is 1. The molecule has 0 aliphatic heterocycles. The normalized spacial score (nSPS) is 13.0. The zero-order valence-corrected chi connectivity index (χ0v) is 7.69. The Morgan fingerprint density at radius 2 is 2.08 bits per heavy atom. The van der Waals surface area contributed by atoms with Crippen molar-refractivity contribution in [3.05, 3.63) is 0 Å². The molecule has 0 aliphatic rings. The molecule has 0 saturated carbocycles. The lowest BCUT2D eigenvalue weighted by atomic mass is 10.1. The Hall–Kier alpha value is -0.0951. The summed E-state index contributed by atoms with van der Waals surface area (Å²) in [6.45, 7) is 2.32. The van der Waals surface area contributed by atoms with E-state index in [9.17, 15) is 0 Å². The summed E-state index contributed by atoms with van der Waals surface area (Å²) in [7, 11) is -0.0998. The SMILES string of the molecule is CCCCC(COB(O)O)OC. The number of hydrogen-bond donors (Lipinski definition) is 2. The molecule has 72 valence electrons. The fourth-order valence-electron chi connectivity index (χ4n) is 0.894. The smallest absolute Gasteiger partial charge is 0.402 e. The van der Waals surface area contributed by atoms with Gasteiger partial charge in [-0.3, -0.25) is 0 Å². The molecule has 0 rings (SSSR count). The molecule has 0 bridgehead atoms. The molecule has 0 fully saturated rings. The van der Waals surface area contributed by atoms with Crippen LogP contribution in [-0.2, 0) is 9.39 Å². The molecule has 0 aromatic carbocycles. The fraction of sp³-hybridized carbons (Fsp3) is 1.00. The molecule has 5 heteroatoms. The average Bonchev–Trinajstić information content (AvgIpc) is 2.05. The molecule has 1 unspecified atom stereocenters. The lowest BCUT2D eigenvalue weighted by molar-refractivity contribution is 0.0331. The molecule has 2 N–H and O–H groups in total. The molecule has 0 amide bonds. The van der Waals surface area contributed by atoms with E-state index in [1.165, 1.54) is 0 Å². The Morgan fingerprint density at radius 1 is 1.42 bits per heavy atom. The van der Waals surface area contributed by atoms with Crippen LogP contribution in [0.1, 0.15) is 26.2 Å². The molecule has 0 aromatic heterocycles. The highest BCUT2D eigenvalue weighted by molar-refractivity contribution is 6.32. The number of rotatable bonds is 7. The minimum Gasteiger partial charge on any atom is -0.402 e. The van der Waals surface area contributed by atoms with E-state index in [2.05, 4.69) is 11.6 Å². The van der Waals surface area contributed by atoms with E-state index < -0.39 is 7.32 Å². The van der Waals surface area contributed by atoms with Crippen molar-refractivity contribution in [1.29, 1.82) is 0 Å². The van der Waals surface area contributed by atoms with Crippen LogP contribution in [0, 0.1) is 0 Å². The predicted molar refractivity (Wildman–Crippen MR) is 46.5 cm³/mol. The summed E-state index contributed by atoms with van der Waals surface area (Å²) < 4.78 is 9.63. The van der Waals surface area contributed by atoms with Gasteiger partial charge in [0.25, 0.3) is 0 Å². The first-order chi connectivity index (χ1) is 5.70. The maximum Gasteiger partial charge on any atom is 0.633 e. The summed E-state index contributed by atoms with van der Waals surface area (Å²) in [5, 5.41) is 16.8. The second kappa shape index (κ2) is 7.55. The first-order valence-electron chi connectivity index (χ1n) is 4.21. The van der Waals surface area contributed by atoms with Crippen LogP contribution in [0.15, 0.2) is 0 Å². The van der Waals surface area contributed by atoms with E-state index in [4.69, 9.17) is 14.8 Å². The van der Waals surface area contributed by atoms with Crippen molar-refractivity contribution in [1.82, 2.24) is 0 Å². The van der Waals surface area contributed by atoms with Gasteiger partial charge in [-0.25, -0.2) is 0 Å². The molecule has 0 saturated heterocycles. The molecule has 0 aliphatic carbocycles. The maximum atomic E-state index is 8.40. The minimum absolute atomic E-state index is 0.0354. The van der Waals surface area contributed by atoms with Crippen molar-refractivity contribution in [3.63, 3.8) is 0 Å². The number of methoxy groups -OCH3 is 1. The number of hydrogen-bond acceptors (Lipinski definition) is 4. The van der Waals surface area contributed by atoms with Gasteiger partial charge in [0.1, 0.15) is 0 Å². The van der Waals surface area contributed by atoms with Crippen molar-refractivity contribution < 1.29 is 19.4 Å². The third-order valence-electron chi connectivity index (χ3n) is 1.64. The van der Waals surface area contributed by atoms with E-state index in [1.807, 2.05) is 0 Å². The van der Waals surface area contributed by atoms with Gasteiger partial charge in [-0.15, -0.1) is 0 Å². The molecule has 0 aromatic rings. The Balaban J connectivity index is 3.39. The summed E-state index contributed by atoms with van der Waals surface area (Å²) in [4.78, 5) is 0. The fourth-order valence-corrected chi connectivity index (χ4v) is 0.894. The monoisotopic (exact) mass is 176 g/mol. The van der Waals surface area contributed by atoms with Crippen molar-refractivity contribution >= 4 is 7.32 Å². The van der Waals surface area contributed by atoms with Crippen LogP contribution in [0.2, 0.25) is 0 Å². The van der Waals surface area contributed by atoms with Crippen LogP contribution in [-0.4, -0.2) is 37.2 Å². The van der Waals surface area contributed by atoms with E-state index in [0.717, 1.165) is 19.3 Å². The summed E-state index contributed by atoms with van der Waals surface area (Å²) in [5.74, 6) is 0. The first-order valence-corrected chi connectivity index (χ1v) is 4.21. The maximum absolute atomic E-state index is 8.40. The van der Waals surface area contributed by atoms with Gasteiger partial charge in [0, 0.05) is 7.11 Å². The zero-order chi connectivity index (χ0) is 9.40. The predicted octanol–water partition coefficient (Wildman–Crippen LogP) is 0.178. The molecule has 0 radical (unpaired) electrons. The minimum atomic E-state index is -1.69. The van der Waals surface area contributed by atoms with E-state index in [1.54, 1.807) is 7.11 Å². The van der Waals surface area contributed by atoms with Crippen LogP contribution in [0.3, 0.4) is 0 Å². The van der Waals surface area contributed by atoms with Gasteiger partial charge in [-0.1, -0.05) is 19.8 Å². The second-order valence-electron chi connectivity index (χ2n) is 2.66. The van der Waals surface area contributed by atoms with Gasteiger partial charge in [-0.05, 0) is 6.42 Å². The molecule has 1 atom stereocenters.